The maximum absolute atomic E-state index is 5.88. The minimum Gasteiger partial charge on any atom is -0.497 e. The van der Waals surface area contributed by atoms with Crippen LogP contribution in [0, 0.1) is 5.41 Å². The van der Waals surface area contributed by atoms with Crippen molar-refractivity contribution in [2.45, 2.75) is 58.7 Å². The quantitative estimate of drug-likeness (QED) is 0.825. The molecule has 1 fully saturated rings. The van der Waals surface area contributed by atoms with Crippen molar-refractivity contribution in [3.8, 4) is 5.75 Å². The van der Waals surface area contributed by atoms with Gasteiger partial charge in [-0.1, -0.05) is 26.0 Å². The van der Waals surface area contributed by atoms with Crippen LogP contribution in [0.1, 0.15) is 52.1 Å². The lowest BCUT2D eigenvalue weighted by molar-refractivity contribution is -0.127. The summed E-state index contributed by atoms with van der Waals surface area (Å²) in [5.74, 6) is 0.907. The zero-order valence-corrected chi connectivity index (χ0v) is 14.0. The van der Waals surface area contributed by atoms with Crippen LogP contribution in [-0.4, -0.2) is 25.9 Å². The average Bonchev–Trinajstić information content (AvgIpc) is 2.52. The summed E-state index contributed by atoms with van der Waals surface area (Å²) in [7, 11) is 1.70. The molecule has 1 aromatic carbocycles. The van der Waals surface area contributed by atoms with Gasteiger partial charge in [-0.15, -0.1) is 0 Å². The molecule has 1 N–H and O–H groups in total. The van der Waals surface area contributed by atoms with Crippen molar-refractivity contribution < 1.29 is 9.47 Å². The lowest BCUT2D eigenvalue weighted by Gasteiger charge is -2.54. The van der Waals surface area contributed by atoms with Crippen molar-refractivity contribution in [2.24, 2.45) is 5.41 Å². The number of rotatable bonds is 7. The first-order valence-corrected chi connectivity index (χ1v) is 8.06. The predicted octanol–water partition coefficient (Wildman–Crippen LogP) is 3.94. The summed E-state index contributed by atoms with van der Waals surface area (Å²) in [5, 5.41) is 3.78. The van der Waals surface area contributed by atoms with Crippen LogP contribution in [0.15, 0.2) is 24.3 Å². The Morgan fingerprint density at radius 2 is 1.95 bits per heavy atom. The normalized spacial score (nSPS) is 29.8. The lowest BCUT2D eigenvalue weighted by Crippen LogP contribution is -2.62. The Kier molecular flexibility index (Phi) is 5.28. The third-order valence-electron chi connectivity index (χ3n) is 5.18. The molecule has 3 heteroatoms. The van der Waals surface area contributed by atoms with E-state index in [1.54, 1.807) is 7.11 Å². The van der Waals surface area contributed by atoms with Crippen LogP contribution < -0.4 is 10.1 Å². The number of ether oxygens (including phenoxy) is 2. The molecule has 0 radical (unpaired) electrons. The molecule has 4 atom stereocenters. The first-order valence-electron chi connectivity index (χ1n) is 8.06. The van der Waals surface area contributed by atoms with Gasteiger partial charge in [0.15, 0.2) is 0 Å². The second kappa shape index (κ2) is 6.80. The number of hydrogen-bond donors (Lipinski definition) is 1. The smallest absolute Gasteiger partial charge is 0.118 e. The zero-order valence-electron chi connectivity index (χ0n) is 14.0. The highest BCUT2D eigenvalue weighted by molar-refractivity contribution is 5.29. The molecule has 3 nitrogen and oxygen atoms in total. The van der Waals surface area contributed by atoms with E-state index in [-0.39, 0.29) is 5.41 Å². The Labute approximate surface area is 129 Å². The molecule has 1 saturated carbocycles. The second-order valence-electron chi connectivity index (χ2n) is 6.25. The number of benzene rings is 1. The van der Waals surface area contributed by atoms with Crippen LogP contribution in [0.2, 0.25) is 0 Å². The molecule has 118 valence electrons. The summed E-state index contributed by atoms with van der Waals surface area (Å²) < 4.78 is 11.1. The Hall–Kier alpha value is -1.06. The fourth-order valence-electron chi connectivity index (χ4n) is 3.30. The Morgan fingerprint density at radius 1 is 1.29 bits per heavy atom. The summed E-state index contributed by atoms with van der Waals surface area (Å²) in [6.07, 6.45) is 2.65. The van der Waals surface area contributed by atoms with Gasteiger partial charge < -0.3 is 14.8 Å². The fraction of sp³-hybridized carbons (Fsp3) is 0.667. The Bertz CT molecular complexity index is 445. The maximum atomic E-state index is 5.88. The van der Waals surface area contributed by atoms with Crippen molar-refractivity contribution >= 4 is 0 Å². The summed E-state index contributed by atoms with van der Waals surface area (Å²) in [4.78, 5) is 0. The van der Waals surface area contributed by atoms with Gasteiger partial charge in [-0.2, -0.15) is 0 Å². The summed E-state index contributed by atoms with van der Waals surface area (Å²) in [5.41, 5.74) is 1.55. The molecule has 1 aromatic rings. The number of hydrogen-bond acceptors (Lipinski definition) is 3. The van der Waals surface area contributed by atoms with Gasteiger partial charge in [-0.05, 0) is 44.4 Å². The SMILES string of the molecule is CCOC1CC(N[C@@H](C)c2ccc(OC)cc2)C1(C)CC. The van der Waals surface area contributed by atoms with E-state index in [2.05, 4.69) is 45.1 Å². The highest BCUT2D eigenvalue weighted by Gasteiger charge is 2.51. The van der Waals surface area contributed by atoms with Crippen LogP contribution in [0.4, 0.5) is 0 Å². The average molecular weight is 291 g/mol. The lowest BCUT2D eigenvalue weighted by atomic mass is 9.61. The topological polar surface area (TPSA) is 30.5 Å². The molecule has 0 bridgehead atoms. The van der Waals surface area contributed by atoms with E-state index >= 15 is 0 Å². The van der Waals surface area contributed by atoms with Crippen LogP contribution in [0.25, 0.3) is 0 Å². The number of methoxy groups -OCH3 is 1. The first-order chi connectivity index (χ1) is 10.0. The Balaban J connectivity index is 1.97. The third kappa shape index (κ3) is 3.24. The largest absolute Gasteiger partial charge is 0.497 e. The van der Waals surface area contributed by atoms with Crippen LogP contribution in [0.3, 0.4) is 0 Å². The maximum Gasteiger partial charge on any atom is 0.118 e. The summed E-state index contributed by atoms with van der Waals surface area (Å²) in [6.45, 7) is 9.72. The standard InChI is InChI=1S/C18H29NO2/c1-6-18(4)16(12-17(18)21-7-2)19-13(3)14-8-10-15(20-5)11-9-14/h8-11,13,16-17,19H,6-7,12H2,1-5H3/t13-,16?,17?,18?/m0/s1. The van der Waals surface area contributed by atoms with Gasteiger partial charge in [0.1, 0.15) is 5.75 Å². The van der Waals surface area contributed by atoms with Gasteiger partial charge in [0, 0.05) is 24.1 Å². The van der Waals surface area contributed by atoms with Gasteiger partial charge in [0.2, 0.25) is 0 Å². The van der Waals surface area contributed by atoms with E-state index in [0.29, 0.717) is 18.2 Å². The van der Waals surface area contributed by atoms with Gasteiger partial charge in [0.25, 0.3) is 0 Å². The minimum absolute atomic E-state index is 0.247. The highest BCUT2D eigenvalue weighted by Crippen LogP contribution is 2.46. The minimum atomic E-state index is 0.247. The fourth-order valence-corrected chi connectivity index (χ4v) is 3.30. The highest BCUT2D eigenvalue weighted by atomic mass is 16.5. The predicted molar refractivity (Wildman–Crippen MR) is 86.8 cm³/mol. The van der Waals surface area contributed by atoms with Gasteiger partial charge in [0.05, 0.1) is 13.2 Å². The van der Waals surface area contributed by atoms with Crippen molar-refractivity contribution in [1.29, 1.82) is 0 Å². The van der Waals surface area contributed by atoms with Crippen molar-refractivity contribution in [1.82, 2.24) is 5.32 Å². The molecule has 2 rings (SSSR count). The van der Waals surface area contributed by atoms with Crippen molar-refractivity contribution in [3.63, 3.8) is 0 Å². The van der Waals surface area contributed by atoms with Gasteiger partial charge in [-0.25, -0.2) is 0 Å². The monoisotopic (exact) mass is 291 g/mol. The summed E-state index contributed by atoms with van der Waals surface area (Å²) in [6, 6.07) is 9.19. The van der Waals surface area contributed by atoms with Crippen molar-refractivity contribution in [3.05, 3.63) is 29.8 Å². The molecule has 0 heterocycles. The third-order valence-corrected chi connectivity index (χ3v) is 5.18. The van der Waals surface area contributed by atoms with Crippen LogP contribution in [0.5, 0.6) is 5.75 Å². The van der Waals surface area contributed by atoms with E-state index in [4.69, 9.17) is 9.47 Å². The molecule has 0 amide bonds. The molecule has 1 aliphatic carbocycles. The molecule has 3 unspecified atom stereocenters. The van der Waals surface area contributed by atoms with Crippen LogP contribution in [-0.2, 0) is 4.74 Å². The Morgan fingerprint density at radius 3 is 2.48 bits per heavy atom. The molecule has 0 aliphatic heterocycles. The molecular weight excluding hydrogens is 262 g/mol. The molecular formula is C18H29NO2. The van der Waals surface area contributed by atoms with Crippen molar-refractivity contribution in [2.75, 3.05) is 13.7 Å². The molecule has 0 saturated heterocycles. The first kappa shape index (κ1) is 16.3. The molecule has 1 aliphatic rings. The molecule has 0 spiro atoms. The zero-order chi connectivity index (χ0) is 15.5. The second-order valence-corrected chi connectivity index (χ2v) is 6.25. The van der Waals surface area contributed by atoms with E-state index in [0.717, 1.165) is 25.2 Å². The van der Waals surface area contributed by atoms with E-state index in [1.807, 2.05) is 12.1 Å². The summed E-state index contributed by atoms with van der Waals surface area (Å²) >= 11 is 0. The van der Waals surface area contributed by atoms with Crippen LogP contribution >= 0.6 is 0 Å². The van der Waals surface area contributed by atoms with E-state index in [9.17, 15) is 0 Å². The van der Waals surface area contributed by atoms with E-state index < -0.39 is 0 Å². The molecule has 0 aromatic heterocycles. The number of nitrogens with one attached hydrogen (secondary N) is 1. The van der Waals surface area contributed by atoms with Gasteiger partial charge >= 0.3 is 0 Å². The van der Waals surface area contributed by atoms with E-state index in [1.165, 1.54) is 5.56 Å². The van der Waals surface area contributed by atoms with Gasteiger partial charge in [-0.3, -0.25) is 0 Å². The molecule has 21 heavy (non-hydrogen) atoms.